The van der Waals surface area contributed by atoms with Gasteiger partial charge in [-0.1, -0.05) is 18.2 Å². The summed E-state index contributed by atoms with van der Waals surface area (Å²) in [4.78, 5) is 15.0. The zero-order chi connectivity index (χ0) is 20.7. The van der Waals surface area contributed by atoms with Gasteiger partial charge in [-0.05, 0) is 24.3 Å². The number of nitrogens with zero attached hydrogens (tertiary/aromatic N) is 3. The lowest BCUT2D eigenvalue weighted by atomic mass is 10.1. The van der Waals surface area contributed by atoms with E-state index in [-0.39, 0.29) is 17.1 Å². The maximum atomic E-state index is 13.3. The fraction of sp³-hybridized carbons (Fsp3) is 0.118. The lowest BCUT2D eigenvalue weighted by molar-refractivity contribution is -0.143. The van der Waals surface area contributed by atoms with Crippen molar-refractivity contribution in [2.45, 2.75) is 12.4 Å². The quantitative estimate of drug-likeness (QED) is 0.648. The van der Waals surface area contributed by atoms with Gasteiger partial charge in [-0.15, -0.1) is 0 Å². The Balaban J connectivity index is 2.07. The minimum absolute atomic E-state index is 0.0896. The molecule has 0 spiro atoms. The van der Waals surface area contributed by atoms with Gasteiger partial charge in [0.1, 0.15) is 5.56 Å². The molecule has 2 aromatic heterocycles. The Labute approximate surface area is 152 Å². The summed E-state index contributed by atoms with van der Waals surface area (Å²) < 4.78 is 78.2. The second-order valence-electron chi connectivity index (χ2n) is 5.58. The van der Waals surface area contributed by atoms with Crippen molar-refractivity contribution in [2.75, 3.05) is 0 Å². The molecule has 0 aliphatic heterocycles. The third-order valence-corrected chi connectivity index (χ3v) is 3.73. The van der Waals surface area contributed by atoms with Gasteiger partial charge in [0.15, 0.2) is 11.5 Å². The van der Waals surface area contributed by atoms with E-state index >= 15 is 0 Å². The van der Waals surface area contributed by atoms with Crippen molar-refractivity contribution in [1.82, 2.24) is 14.8 Å². The number of rotatable bonds is 3. The van der Waals surface area contributed by atoms with Gasteiger partial charge in [0, 0.05) is 5.56 Å². The normalized spacial score (nSPS) is 12.2. The number of hydrogen-bond acceptors (Lipinski definition) is 3. The van der Waals surface area contributed by atoms with Gasteiger partial charge in [0.25, 0.3) is 0 Å². The van der Waals surface area contributed by atoms with Crippen molar-refractivity contribution in [3.63, 3.8) is 0 Å². The molecule has 0 aliphatic carbocycles. The molecule has 2 heterocycles. The molecule has 0 saturated carbocycles. The molecule has 5 nitrogen and oxygen atoms in total. The van der Waals surface area contributed by atoms with Gasteiger partial charge < -0.3 is 5.11 Å². The minimum Gasteiger partial charge on any atom is -0.478 e. The lowest BCUT2D eigenvalue weighted by Crippen LogP contribution is -2.18. The fourth-order valence-electron chi connectivity index (χ4n) is 2.48. The first kappa shape index (κ1) is 19.4. The summed E-state index contributed by atoms with van der Waals surface area (Å²) in [5.41, 5.74) is -3.13. The number of carboxylic acid groups (broad SMARTS) is 1. The van der Waals surface area contributed by atoms with E-state index in [9.17, 15) is 31.1 Å². The topological polar surface area (TPSA) is 68.0 Å². The standard InChI is InChI=1S/C17H9F6N3O2/c18-16(19,20)10-6-4-9(5-7-10)12-2-1-3-13(25-12)26-14(17(21,22)23)11(8-24-26)15(27)28/h1-8H,(H,27,28). The van der Waals surface area contributed by atoms with Crippen LogP contribution in [-0.4, -0.2) is 25.8 Å². The second-order valence-corrected chi connectivity index (χ2v) is 5.58. The molecule has 0 saturated heterocycles. The summed E-state index contributed by atoms with van der Waals surface area (Å²) in [5, 5.41) is 12.4. The van der Waals surface area contributed by atoms with Crippen molar-refractivity contribution < 1.29 is 36.2 Å². The van der Waals surface area contributed by atoms with Crippen LogP contribution in [0.4, 0.5) is 26.3 Å². The van der Waals surface area contributed by atoms with Crippen LogP contribution < -0.4 is 0 Å². The number of aromatic carboxylic acids is 1. The summed E-state index contributed by atoms with van der Waals surface area (Å²) in [6.45, 7) is 0. The van der Waals surface area contributed by atoms with Crippen molar-refractivity contribution in [2.24, 2.45) is 0 Å². The monoisotopic (exact) mass is 401 g/mol. The average Bonchev–Trinajstić information content (AvgIpc) is 3.07. The number of halogens is 6. The Hall–Kier alpha value is -3.37. The summed E-state index contributed by atoms with van der Waals surface area (Å²) in [6, 6.07) is 7.79. The summed E-state index contributed by atoms with van der Waals surface area (Å²) in [5.74, 6) is -2.14. The highest BCUT2D eigenvalue weighted by atomic mass is 19.4. The van der Waals surface area contributed by atoms with Gasteiger partial charge in [-0.3, -0.25) is 0 Å². The first-order chi connectivity index (χ1) is 13.0. The molecule has 0 fully saturated rings. The highest BCUT2D eigenvalue weighted by Crippen LogP contribution is 2.34. The lowest BCUT2D eigenvalue weighted by Gasteiger charge is -2.12. The van der Waals surface area contributed by atoms with Crippen LogP contribution in [0.1, 0.15) is 21.6 Å². The van der Waals surface area contributed by atoms with Crippen molar-refractivity contribution in [1.29, 1.82) is 0 Å². The van der Waals surface area contributed by atoms with Gasteiger partial charge >= 0.3 is 18.3 Å². The van der Waals surface area contributed by atoms with Crippen LogP contribution in [0.2, 0.25) is 0 Å². The molecule has 28 heavy (non-hydrogen) atoms. The molecule has 0 amide bonds. The Kier molecular flexibility index (Phi) is 4.61. The van der Waals surface area contributed by atoms with E-state index in [4.69, 9.17) is 5.11 Å². The average molecular weight is 401 g/mol. The van der Waals surface area contributed by atoms with Gasteiger partial charge in [0.05, 0.1) is 17.5 Å². The largest absolute Gasteiger partial charge is 0.478 e. The molecule has 3 rings (SSSR count). The number of aromatic nitrogens is 3. The van der Waals surface area contributed by atoms with Crippen LogP contribution in [0.15, 0.2) is 48.7 Å². The molecule has 3 aromatic rings. The van der Waals surface area contributed by atoms with Gasteiger partial charge in [0.2, 0.25) is 0 Å². The maximum Gasteiger partial charge on any atom is 0.434 e. The highest BCUT2D eigenvalue weighted by molar-refractivity contribution is 5.89. The number of hydrogen-bond donors (Lipinski definition) is 1. The Morgan fingerprint density at radius 3 is 2.11 bits per heavy atom. The smallest absolute Gasteiger partial charge is 0.434 e. The summed E-state index contributed by atoms with van der Waals surface area (Å²) in [6.07, 6.45) is -8.99. The zero-order valence-corrected chi connectivity index (χ0v) is 13.6. The number of alkyl halides is 6. The Morgan fingerprint density at radius 2 is 1.57 bits per heavy atom. The molecule has 11 heteroatoms. The zero-order valence-electron chi connectivity index (χ0n) is 13.6. The van der Waals surface area contributed by atoms with Crippen LogP contribution >= 0.6 is 0 Å². The molecule has 0 atom stereocenters. The van der Waals surface area contributed by atoms with E-state index in [2.05, 4.69) is 10.1 Å². The fourth-order valence-corrected chi connectivity index (χ4v) is 2.48. The second kappa shape index (κ2) is 6.66. The van der Waals surface area contributed by atoms with E-state index in [1.165, 1.54) is 18.2 Å². The molecule has 1 N–H and O–H groups in total. The van der Waals surface area contributed by atoms with Crippen molar-refractivity contribution >= 4 is 5.97 Å². The van der Waals surface area contributed by atoms with Crippen LogP contribution in [0.25, 0.3) is 17.1 Å². The number of carbonyl (C=O) groups is 1. The van der Waals surface area contributed by atoms with Crippen LogP contribution in [-0.2, 0) is 12.4 Å². The third kappa shape index (κ3) is 3.68. The van der Waals surface area contributed by atoms with Crippen LogP contribution in [0.5, 0.6) is 0 Å². The molecular formula is C17H9F6N3O2. The van der Waals surface area contributed by atoms with E-state index in [1.807, 2.05) is 0 Å². The number of benzene rings is 1. The minimum atomic E-state index is -5.02. The number of pyridine rings is 1. The van der Waals surface area contributed by atoms with E-state index in [0.29, 0.717) is 10.9 Å². The molecular weight excluding hydrogens is 392 g/mol. The van der Waals surface area contributed by atoms with Gasteiger partial charge in [-0.25, -0.2) is 14.5 Å². The van der Waals surface area contributed by atoms with Crippen molar-refractivity contribution in [3.05, 3.63) is 65.5 Å². The predicted molar refractivity (Wildman–Crippen MR) is 83.8 cm³/mol. The number of carboxylic acids is 1. The SMILES string of the molecule is O=C(O)c1cnn(-c2cccc(-c3ccc(C(F)(F)F)cc3)n2)c1C(F)(F)F. The Bertz CT molecular complexity index is 1020. The first-order valence-corrected chi connectivity index (χ1v) is 7.52. The highest BCUT2D eigenvalue weighted by Gasteiger charge is 2.41. The van der Waals surface area contributed by atoms with Crippen LogP contribution in [0, 0.1) is 0 Å². The summed E-state index contributed by atoms with van der Waals surface area (Å²) >= 11 is 0. The molecule has 1 aromatic carbocycles. The molecule has 0 bridgehead atoms. The molecule has 0 aliphatic rings. The Morgan fingerprint density at radius 1 is 0.929 bits per heavy atom. The van der Waals surface area contributed by atoms with E-state index < -0.39 is 35.1 Å². The first-order valence-electron chi connectivity index (χ1n) is 7.52. The summed E-state index contributed by atoms with van der Waals surface area (Å²) in [7, 11) is 0. The van der Waals surface area contributed by atoms with Gasteiger partial charge in [-0.2, -0.15) is 31.4 Å². The van der Waals surface area contributed by atoms with Crippen LogP contribution in [0.3, 0.4) is 0 Å². The van der Waals surface area contributed by atoms with E-state index in [0.717, 1.165) is 24.3 Å². The third-order valence-electron chi connectivity index (χ3n) is 3.73. The van der Waals surface area contributed by atoms with Crippen molar-refractivity contribution in [3.8, 4) is 17.1 Å². The molecule has 0 radical (unpaired) electrons. The molecule has 0 unspecified atom stereocenters. The maximum absolute atomic E-state index is 13.3. The van der Waals surface area contributed by atoms with E-state index in [1.54, 1.807) is 0 Å². The predicted octanol–water partition coefficient (Wildman–Crippen LogP) is 4.67. The molecule has 146 valence electrons.